The second kappa shape index (κ2) is 5.19. The molecule has 0 heterocycles. The third-order valence-electron chi connectivity index (χ3n) is 1.83. The topological polar surface area (TPSA) is 0 Å². The quantitative estimate of drug-likeness (QED) is 0.563. The zero-order valence-electron chi connectivity index (χ0n) is 7.75. The molecule has 2 rings (SSSR count). The molecule has 0 N–H and O–H groups in total. The summed E-state index contributed by atoms with van der Waals surface area (Å²) in [4.78, 5) is 0. The molecule has 0 atom stereocenters. The summed E-state index contributed by atoms with van der Waals surface area (Å²) in [5.41, 5.74) is 0. The molecule has 0 fully saturated rings. The molecule has 3 heteroatoms. The molecule has 2 aromatic carbocycles. The van der Waals surface area contributed by atoms with Gasteiger partial charge in [-0.25, -0.2) is 0 Å². The first-order chi connectivity index (χ1) is 7.25. The Bertz CT molecular complexity index is 454. The van der Waals surface area contributed by atoms with Crippen LogP contribution in [0.25, 0.3) is 0 Å². The van der Waals surface area contributed by atoms with Crippen molar-refractivity contribution in [3.8, 4) is 0 Å². The van der Waals surface area contributed by atoms with Crippen LogP contribution in [0.2, 0.25) is 10.0 Å². The van der Waals surface area contributed by atoms with E-state index in [1.807, 2.05) is 18.2 Å². The standard InChI is InChI=1S/C12H8Cl2I/c13-11-7-6-10(8-12(11)14)15-9-4-2-1-3-5-9/h1-8H/q-1. The fourth-order valence-corrected chi connectivity index (χ4v) is 3.94. The van der Waals surface area contributed by atoms with E-state index in [-0.39, 0.29) is 21.2 Å². The number of rotatable bonds is 2. The molecular formula is C12H8Cl2I-. The zero-order valence-corrected chi connectivity index (χ0v) is 11.4. The molecule has 0 aliphatic carbocycles. The zero-order chi connectivity index (χ0) is 10.7. The summed E-state index contributed by atoms with van der Waals surface area (Å²) < 4.78 is 2.67. The molecule has 0 spiro atoms. The molecule has 0 nitrogen and oxygen atoms in total. The van der Waals surface area contributed by atoms with Gasteiger partial charge in [0.1, 0.15) is 0 Å². The molecule has 78 valence electrons. The van der Waals surface area contributed by atoms with Crippen LogP contribution in [-0.4, -0.2) is 0 Å². The van der Waals surface area contributed by atoms with E-state index in [9.17, 15) is 0 Å². The Kier molecular flexibility index (Phi) is 3.89. The van der Waals surface area contributed by atoms with Gasteiger partial charge in [-0.1, -0.05) is 0 Å². The normalized spacial score (nSPS) is 10.5. The molecule has 0 amide bonds. The SMILES string of the molecule is Clc1ccc([I-]c2ccccc2)cc1Cl. The van der Waals surface area contributed by atoms with Gasteiger partial charge in [0.2, 0.25) is 0 Å². The molecule has 2 aromatic rings. The van der Waals surface area contributed by atoms with Crippen LogP contribution in [0.4, 0.5) is 0 Å². The van der Waals surface area contributed by atoms with Crippen LogP contribution < -0.4 is 21.2 Å². The van der Waals surface area contributed by atoms with Gasteiger partial charge in [-0.2, -0.15) is 0 Å². The maximum atomic E-state index is 5.97. The molecule has 15 heavy (non-hydrogen) atoms. The van der Waals surface area contributed by atoms with Gasteiger partial charge in [-0.15, -0.1) is 0 Å². The monoisotopic (exact) mass is 349 g/mol. The summed E-state index contributed by atoms with van der Waals surface area (Å²) in [7, 11) is 0. The Hall–Kier alpha value is -0.250. The van der Waals surface area contributed by atoms with E-state index in [0.717, 1.165) is 0 Å². The van der Waals surface area contributed by atoms with Crippen molar-refractivity contribution in [3.05, 3.63) is 65.7 Å². The number of hydrogen-bond acceptors (Lipinski definition) is 0. The van der Waals surface area contributed by atoms with Crippen LogP contribution in [0.1, 0.15) is 0 Å². The van der Waals surface area contributed by atoms with Crippen LogP contribution in [0.3, 0.4) is 0 Å². The van der Waals surface area contributed by atoms with Gasteiger partial charge in [0.25, 0.3) is 0 Å². The van der Waals surface area contributed by atoms with Crippen molar-refractivity contribution in [1.29, 1.82) is 0 Å². The van der Waals surface area contributed by atoms with Crippen molar-refractivity contribution in [1.82, 2.24) is 0 Å². The molecular weight excluding hydrogens is 342 g/mol. The van der Waals surface area contributed by atoms with Gasteiger partial charge in [0.15, 0.2) is 0 Å². The van der Waals surface area contributed by atoms with E-state index in [0.29, 0.717) is 10.0 Å². The molecule has 0 saturated heterocycles. The first-order valence-electron chi connectivity index (χ1n) is 4.40. The van der Waals surface area contributed by atoms with Crippen LogP contribution in [-0.2, 0) is 0 Å². The van der Waals surface area contributed by atoms with Gasteiger partial charge >= 0.3 is 110 Å². The number of benzene rings is 2. The first-order valence-corrected chi connectivity index (χ1v) is 7.32. The van der Waals surface area contributed by atoms with Gasteiger partial charge in [-0.05, 0) is 0 Å². The second-order valence-corrected chi connectivity index (χ2v) is 6.79. The fraction of sp³-hybridized carbons (Fsp3) is 0. The average Bonchev–Trinajstić information content (AvgIpc) is 2.25. The Morgan fingerprint density at radius 1 is 0.733 bits per heavy atom. The number of halogens is 3. The van der Waals surface area contributed by atoms with E-state index in [2.05, 4.69) is 30.3 Å². The molecule has 0 aliphatic rings. The summed E-state index contributed by atoms with van der Waals surface area (Å²) in [5.74, 6) is 0. The second-order valence-electron chi connectivity index (χ2n) is 2.95. The first kappa shape index (κ1) is 11.2. The van der Waals surface area contributed by atoms with Crippen molar-refractivity contribution < 1.29 is 21.2 Å². The van der Waals surface area contributed by atoms with Crippen molar-refractivity contribution in [2.75, 3.05) is 0 Å². The molecule has 0 saturated carbocycles. The predicted molar refractivity (Wildman–Crippen MR) is 60.3 cm³/mol. The molecule has 0 aliphatic heterocycles. The van der Waals surface area contributed by atoms with Crippen LogP contribution >= 0.6 is 23.2 Å². The van der Waals surface area contributed by atoms with Gasteiger partial charge in [-0.3, -0.25) is 0 Å². The van der Waals surface area contributed by atoms with Crippen LogP contribution in [0.15, 0.2) is 48.5 Å². The summed E-state index contributed by atoms with van der Waals surface area (Å²) >= 11 is 11.7. The van der Waals surface area contributed by atoms with Crippen molar-refractivity contribution in [2.24, 2.45) is 0 Å². The Balaban J connectivity index is 2.22. The van der Waals surface area contributed by atoms with E-state index < -0.39 is 0 Å². The summed E-state index contributed by atoms with van der Waals surface area (Å²) in [6.45, 7) is 0. The Morgan fingerprint density at radius 2 is 1.47 bits per heavy atom. The van der Waals surface area contributed by atoms with Crippen molar-refractivity contribution >= 4 is 23.2 Å². The summed E-state index contributed by atoms with van der Waals surface area (Å²) in [5, 5.41) is 1.27. The minimum atomic E-state index is -0.144. The Labute approximate surface area is 109 Å². The van der Waals surface area contributed by atoms with E-state index in [1.54, 1.807) is 0 Å². The third kappa shape index (κ3) is 3.10. The van der Waals surface area contributed by atoms with Gasteiger partial charge in [0.05, 0.1) is 0 Å². The van der Waals surface area contributed by atoms with E-state index in [1.165, 1.54) is 7.14 Å². The maximum absolute atomic E-state index is 5.97. The van der Waals surface area contributed by atoms with E-state index in [4.69, 9.17) is 23.2 Å². The molecule has 0 bridgehead atoms. The summed E-state index contributed by atoms with van der Waals surface area (Å²) in [6.07, 6.45) is 0. The fourth-order valence-electron chi connectivity index (χ4n) is 1.13. The summed E-state index contributed by atoms with van der Waals surface area (Å²) in [6, 6.07) is 16.3. The molecule has 0 aromatic heterocycles. The Morgan fingerprint density at radius 3 is 2.13 bits per heavy atom. The molecule has 0 radical (unpaired) electrons. The van der Waals surface area contributed by atoms with Crippen molar-refractivity contribution in [2.45, 2.75) is 0 Å². The average molecular weight is 350 g/mol. The predicted octanol–water partition coefficient (Wildman–Crippen LogP) is 1.12. The third-order valence-corrected chi connectivity index (χ3v) is 5.21. The van der Waals surface area contributed by atoms with E-state index >= 15 is 0 Å². The van der Waals surface area contributed by atoms with Gasteiger partial charge < -0.3 is 0 Å². The molecule has 0 unspecified atom stereocenters. The minimum absolute atomic E-state index is 0.144. The van der Waals surface area contributed by atoms with Crippen molar-refractivity contribution in [3.63, 3.8) is 0 Å². The van der Waals surface area contributed by atoms with Crippen LogP contribution in [0.5, 0.6) is 0 Å². The number of hydrogen-bond donors (Lipinski definition) is 0. The van der Waals surface area contributed by atoms with Crippen LogP contribution in [0, 0.1) is 7.14 Å². The van der Waals surface area contributed by atoms with Gasteiger partial charge in [0, 0.05) is 0 Å².